The van der Waals surface area contributed by atoms with Gasteiger partial charge in [-0.15, -0.1) is 0 Å². The number of nitrogens with one attached hydrogen (secondary N) is 1. The van der Waals surface area contributed by atoms with Crippen LogP contribution in [0.3, 0.4) is 0 Å². The molecular formula is C16H13N3O4S. The van der Waals surface area contributed by atoms with E-state index >= 15 is 0 Å². The molecule has 0 unspecified atom stereocenters. The second kappa shape index (κ2) is 6.25. The molecule has 0 radical (unpaired) electrons. The van der Waals surface area contributed by atoms with E-state index in [4.69, 9.17) is 0 Å². The van der Waals surface area contributed by atoms with Crippen LogP contribution < -0.4 is 4.72 Å². The zero-order chi connectivity index (χ0) is 17.2. The summed E-state index contributed by atoms with van der Waals surface area (Å²) in [6, 6.07) is 14.4. The van der Waals surface area contributed by atoms with Crippen LogP contribution in [0.15, 0.2) is 60.8 Å². The summed E-state index contributed by atoms with van der Waals surface area (Å²) in [5.74, 6) is -0.363. The molecule has 8 heteroatoms. The first-order valence-electron chi connectivity index (χ1n) is 7.02. The number of non-ortho nitro benzene ring substituents is 1. The van der Waals surface area contributed by atoms with E-state index in [1.807, 2.05) is 12.1 Å². The van der Waals surface area contributed by atoms with Crippen LogP contribution in [0.1, 0.15) is 5.56 Å². The molecule has 1 heterocycles. The maximum atomic E-state index is 12.4. The normalized spacial score (nSPS) is 11.3. The number of pyridine rings is 1. The second-order valence-electron chi connectivity index (χ2n) is 5.17. The number of anilines is 1. The summed E-state index contributed by atoms with van der Waals surface area (Å²) in [7, 11) is -3.73. The van der Waals surface area contributed by atoms with E-state index in [1.165, 1.54) is 24.3 Å². The van der Waals surface area contributed by atoms with Gasteiger partial charge < -0.3 is 0 Å². The van der Waals surface area contributed by atoms with Crippen molar-refractivity contribution in [3.8, 4) is 0 Å². The van der Waals surface area contributed by atoms with Crippen LogP contribution in [0, 0.1) is 10.1 Å². The van der Waals surface area contributed by atoms with Crippen molar-refractivity contribution in [1.82, 2.24) is 4.98 Å². The molecule has 24 heavy (non-hydrogen) atoms. The summed E-state index contributed by atoms with van der Waals surface area (Å²) < 4.78 is 27.3. The summed E-state index contributed by atoms with van der Waals surface area (Å²) in [5, 5.41) is 11.6. The first-order chi connectivity index (χ1) is 11.4. The zero-order valence-electron chi connectivity index (χ0n) is 12.4. The molecule has 0 aliphatic heterocycles. The Morgan fingerprint density at radius 1 is 1.08 bits per heavy atom. The second-order valence-corrected chi connectivity index (χ2v) is 6.89. The van der Waals surface area contributed by atoms with Gasteiger partial charge in [-0.2, -0.15) is 0 Å². The van der Waals surface area contributed by atoms with Gasteiger partial charge in [-0.3, -0.25) is 19.8 Å². The summed E-state index contributed by atoms with van der Waals surface area (Å²) in [6.07, 6.45) is 1.58. The van der Waals surface area contributed by atoms with Crippen molar-refractivity contribution in [1.29, 1.82) is 0 Å². The fourth-order valence-corrected chi connectivity index (χ4v) is 3.56. The van der Waals surface area contributed by atoms with Gasteiger partial charge in [0.1, 0.15) is 0 Å². The summed E-state index contributed by atoms with van der Waals surface area (Å²) >= 11 is 0. The van der Waals surface area contributed by atoms with Gasteiger partial charge >= 0.3 is 0 Å². The molecule has 0 bridgehead atoms. The quantitative estimate of drug-likeness (QED) is 0.566. The Kier molecular flexibility index (Phi) is 4.13. The molecule has 122 valence electrons. The Bertz CT molecular complexity index is 1010. The van der Waals surface area contributed by atoms with Gasteiger partial charge in [0.25, 0.3) is 5.69 Å². The van der Waals surface area contributed by atoms with E-state index in [2.05, 4.69) is 9.71 Å². The predicted octanol–water partition coefficient (Wildman–Crippen LogP) is 3.08. The Morgan fingerprint density at radius 3 is 2.62 bits per heavy atom. The number of sulfonamides is 1. The van der Waals surface area contributed by atoms with Crippen LogP contribution in [0.25, 0.3) is 10.9 Å². The van der Waals surface area contributed by atoms with Crippen LogP contribution >= 0.6 is 0 Å². The van der Waals surface area contributed by atoms with E-state index < -0.39 is 14.9 Å². The molecule has 7 nitrogen and oxygen atoms in total. The average Bonchev–Trinajstić information content (AvgIpc) is 2.54. The molecule has 0 amide bonds. The smallest absolute Gasteiger partial charge is 0.269 e. The minimum absolute atomic E-state index is 0.144. The van der Waals surface area contributed by atoms with Crippen LogP contribution in [0.5, 0.6) is 0 Å². The predicted molar refractivity (Wildman–Crippen MR) is 91.1 cm³/mol. The Balaban J connectivity index is 1.88. The lowest BCUT2D eigenvalue weighted by molar-refractivity contribution is -0.384. The molecule has 0 aliphatic carbocycles. The highest BCUT2D eigenvalue weighted by Gasteiger charge is 2.16. The summed E-state index contributed by atoms with van der Waals surface area (Å²) in [4.78, 5) is 14.4. The highest BCUT2D eigenvalue weighted by atomic mass is 32.2. The van der Waals surface area contributed by atoms with Gasteiger partial charge in [0.05, 0.1) is 21.9 Å². The van der Waals surface area contributed by atoms with Gasteiger partial charge in [-0.05, 0) is 17.7 Å². The molecular weight excluding hydrogens is 330 g/mol. The van der Waals surface area contributed by atoms with E-state index in [9.17, 15) is 18.5 Å². The minimum atomic E-state index is -3.73. The highest BCUT2D eigenvalue weighted by Crippen LogP contribution is 2.23. The Morgan fingerprint density at radius 2 is 1.83 bits per heavy atom. The molecule has 3 rings (SSSR count). The lowest BCUT2D eigenvalue weighted by Gasteiger charge is -2.10. The van der Waals surface area contributed by atoms with Crippen molar-refractivity contribution in [3.63, 3.8) is 0 Å². The number of para-hydroxylation sites is 1. The third-order valence-electron chi connectivity index (χ3n) is 3.38. The van der Waals surface area contributed by atoms with Crippen LogP contribution in [-0.4, -0.2) is 18.3 Å². The lowest BCUT2D eigenvalue weighted by Crippen LogP contribution is -2.15. The number of benzene rings is 2. The van der Waals surface area contributed by atoms with Gasteiger partial charge in [0.2, 0.25) is 10.0 Å². The SMILES string of the molecule is O=[N+]([O-])c1cccc(CS(=O)(=O)Nc2cccc3cccnc23)c1. The van der Waals surface area contributed by atoms with E-state index in [-0.39, 0.29) is 11.4 Å². The summed E-state index contributed by atoms with van der Waals surface area (Å²) in [5.41, 5.74) is 1.11. The van der Waals surface area contributed by atoms with E-state index in [0.29, 0.717) is 16.8 Å². The molecule has 2 aromatic carbocycles. The first-order valence-corrected chi connectivity index (χ1v) is 8.67. The fourth-order valence-electron chi connectivity index (χ4n) is 2.37. The molecule has 0 aliphatic rings. The van der Waals surface area contributed by atoms with E-state index in [0.717, 1.165) is 5.39 Å². The molecule has 3 aromatic rings. The minimum Gasteiger partial charge on any atom is -0.281 e. The molecule has 1 N–H and O–H groups in total. The van der Waals surface area contributed by atoms with Crippen LogP contribution in [0.4, 0.5) is 11.4 Å². The average molecular weight is 343 g/mol. The zero-order valence-corrected chi connectivity index (χ0v) is 13.2. The molecule has 0 spiro atoms. The van der Waals surface area contributed by atoms with Gasteiger partial charge in [-0.25, -0.2) is 8.42 Å². The number of aromatic nitrogens is 1. The number of fused-ring (bicyclic) bond motifs is 1. The van der Waals surface area contributed by atoms with Crippen molar-refractivity contribution in [2.75, 3.05) is 4.72 Å². The van der Waals surface area contributed by atoms with Crippen molar-refractivity contribution < 1.29 is 13.3 Å². The molecule has 0 fully saturated rings. The topological polar surface area (TPSA) is 102 Å². The first kappa shape index (κ1) is 15.9. The number of nitrogens with zero attached hydrogens (tertiary/aromatic N) is 2. The number of nitro benzene ring substituents is 1. The molecule has 1 aromatic heterocycles. The maximum absolute atomic E-state index is 12.4. The molecule has 0 saturated heterocycles. The van der Waals surface area contributed by atoms with Crippen molar-refractivity contribution in [3.05, 3.63) is 76.5 Å². The number of hydrogen-bond donors (Lipinski definition) is 1. The largest absolute Gasteiger partial charge is 0.281 e. The van der Waals surface area contributed by atoms with Gasteiger partial charge in [0, 0.05) is 23.7 Å². The summed E-state index contributed by atoms with van der Waals surface area (Å²) in [6.45, 7) is 0. The number of hydrogen-bond acceptors (Lipinski definition) is 5. The van der Waals surface area contributed by atoms with Crippen LogP contribution in [-0.2, 0) is 15.8 Å². The third kappa shape index (κ3) is 3.49. The van der Waals surface area contributed by atoms with Gasteiger partial charge in [-0.1, -0.05) is 30.3 Å². The monoisotopic (exact) mass is 343 g/mol. The van der Waals surface area contributed by atoms with Crippen molar-refractivity contribution in [2.45, 2.75) is 5.75 Å². The van der Waals surface area contributed by atoms with Crippen molar-refractivity contribution >= 4 is 32.3 Å². The highest BCUT2D eigenvalue weighted by molar-refractivity contribution is 7.91. The molecule has 0 saturated carbocycles. The van der Waals surface area contributed by atoms with Crippen molar-refractivity contribution in [2.24, 2.45) is 0 Å². The fraction of sp³-hybridized carbons (Fsp3) is 0.0625. The maximum Gasteiger partial charge on any atom is 0.269 e. The van der Waals surface area contributed by atoms with Gasteiger partial charge in [0.15, 0.2) is 0 Å². The van der Waals surface area contributed by atoms with Crippen LogP contribution in [0.2, 0.25) is 0 Å². The number of rotatable bonds is 5. The molecule has 0 atom stereocenters. The van der Waals surface area contributed by atoms with E-state index in [1.54, 1.807) is 24.4 Å². The Hall–Kier alpha value is -3.00. The standard InChI is InChI=1S/C16H13N3O4S/c20-19(21)14-7-1-4-12(10-14)11-24(22,23)18-15-8-2-5-13-6-3-9-17-16(13)15/h1-10,18H,11H2. The Labute approximate surface area is 138 Å². The third-order valence-corrected chi connectivity index (χ3v) is 4.62. The lowest BCUT2D eigenvalue weighted by atomic mass is 10.2. The number of nitro groups is 1.